The van der Waals surface area contributed by atoms with Crippen LogP contribution in [0.3, 0.4) is 0 Å². The minimum absolute atomic E-state index is 0.192. The van der Waals surface area contributed by atoms with Crippen molar-refractivity contribution < 1.29 is 15.0 Å². The standard InChI is InChI=1S/C7H15NO3S/c8-6(7(10)11)2-5-12-4-1-3-9/h6,9H,1-5,8H2,(H,10,11)/t6-/m0/s1. The molecule has 72 valence electrons. The van der Waals surface area contributed by atoms with Crippen LogP contribution in [-0.2, 0) is 4.79 Å². The molecule has 0 bridgehead atoms. The highest BCUT2D eigenvalue weighted by Gasteiger charge is 2.09. The molecule has 0 spiro atoms. The first-order valence-corrected chi connectivity index (χ1v) is 5.01. The molecule has 0 rings (SSSR count). The highest BCUT2D eigenvalue weighted by atomic mass is 32.2. The summed E-state index contributed by atoms with van der Waals surface area (Å²) in [7, 11) is 0. The molecule has 12 heavy (non-hydrogen) atoms. The van der Waals surface area contributed by atoms with Gasteiger partial charge in [-0.25, -0.2) is 0 Å². The summed E-state index contributed by atoms with van der Waals surface area (Å²) < 4.78 is 0. The molecule has 0 heterocycles. The topological polar surface area (TPSA) is 83.5 Å². The number of carbonyl (C=O) groups is 1. The third kappa shape index (κ3) is 6.45. The molecule has 0 saturated carbocycles. The van der Waals surface area contributed by atoms with Crippen molar-refractivity contribution in [1.29, 1.82) is 0 Å². The van der Waals surface area contributed by atoms with E-state index < -0.39 is 12.0 Å². The number of carboxylic acids is 1. The summed E-state index contributed by atoms with van der Waals surface area (Å²) in [5, 5.41) is 16.8. The Morgan fingerprint density at radius 1 is 1.50 bits per heavy atom. The summed E-state index contributed by atoms with van der Waals surface area (Å²) in [6.45, 7) is 0.192. The Labute approximate surface area is 76.1 Å². The summed E-state index contributed by atoms with van der Waals surface area (Å²) in [6, 6.07) is -0.744. The van der Waals surface area contributed by atoms with Crippen LogP contribution in [0, 0.1) is 0 Å². The van der Waals surface area contributed by atoms with Crippen LogP contribution >= 0.6 is 11.8 Å². The fourth-order valence-electron chi connectivity index (χ4n) is 0.602. The second-order valence-corrected chi connectivity index (χ2v) is 3.65. The molecule has 0 aromatic heterocycles. The Morgan fingerprint density at radius 3 is 2.67 bits per heavy atom. The van der Waals surface area contributed by atoms with Gasteiger partial charge in [0.25, 0.3) is 0 Å². The van der Waals surface area contributed by atoms with Crippen LogP contribution in [0.5, 0.6) is 0 Å². The van der Waals surface area contributed by atoms with E-state index in [0.29, 0.717) is 6.42 Å². The van der Waals surface area contributed by atoms with Crippen molar-refractivity contribution in [3.8, 4) is 0 Å². The first kappa shape index (κ1) is 11.7. The van der Waals surface area contributed by atoms with E-state index in [1.165, 1.54) is 0 Å². The van der Waals surface area contributed by atoms with E-state index in [1.807, 2.05) is 0 Å². The normalized spacial score (nSPS) is 12.8. The van der Waals surface area contributed by atoms with Gasteiger partial charge in [-0.15, -0.1) is 0 Å². The van der Waals surface area contributed by atoms with Gasteiger partial charge in [-0.3, -0.25) is 4.79 Å². The van der Waals surface area contributed by atoms with E-state index in [2.05, 4.69) is 0 Å². The molecule has 0 aromatic carbocycles. The van der Waals surface area contributed by atoms with Crippen LogP contribution in [0.4, 0.5) is 0 Å². The molecule has 0 aliphatic carbocycles. The summed E-state index contributed by atoms with van der Waals surface area (Å²) in [5.74, 6) is 0.661. The average molecular weight is 193 g/mol. The van der Waals surface area contributed by atoms with Crippen molar-refractivity contribution in [1.82, 2.24) is 0 Å². The number of rotatable bonds is 7. The quantitative estimate of drug-likeness (QED) is 0.492. The zero-order valence-corrected chi connectivity index (χ0v) is 7.72. The minimum atomic E-state index is -0.947. The fourth-order valence-corrected chi connectivity index (χ4v) is 1.56. The summed E-state index contributed by atoms with van der Waals surface area (Å²) in [6.07, 6.45) is 1.25. The molecule has 1 atom stereocenters. The molecule has 0 fully saturated rings. The van der Waals surface area contributed by atoms with E-state index in [0.717, 1.165) is 17.9 Å². The number of nitrogens with two attached hydrogens (primary N) is 1. The predicted octanol–water partition coefficient (Wildman–Crippen LogP) is -0.0960. The molecule has 0 amide bonds. The van der Waals surface area contributed by atoms with Gasteiger partial charge >= 0.3 is 5.97 Å². The summed E-state index contributed by atoms with van der Waals surface area (Å²) in [4.78, 5) is 10.2. The highest BCUT2D eigenvalue weighted by molar-refractivity contribution is 7.99. The molecule has 0 unspecified atom stereocenters. The Morgan fingerprint density at radius 2 is 2.17 bits per heavy atom. The summed E-state index contributed by atoms with van der Waals surface area (Å²) in [5.41, 5.74) is 5.27. The number of aliphatic carboxylic acids is 1. The lowest BCUT2D eigenvalue weighted by atomic mass is 10.2. The maximum atomic E-state index is 10.2. The van der Waals surface area contributed by atoms with Crippen LogP contribution in [0.15, 0.2) is 0 Å². The van der Waals surface area contributed by atoms with Gasteiger partial charge in [0, 0.05) is 6.61 Å². The molecule has 0 aliphatic rings. The van der Waals surface area contributed by atoms with Crippen molar-refractivity contribution in [2.45, 2.75) is 18.9 Å². The van der Waals surface area contributed by atoms with Gasteiger partial charge in [0.2, 0.25) is 0 Å². The van der Waals surface area contributed by atoms with Crippen molar-refractivity contribution in [2.24, 2.45) is 5.73 Å². The van der Waals surface area contributed by atoms with Crippen LogP contribution in [0.25, 0.3) is 0 Å². The van der Waals surface area contributed by atoms with Crippen LogP contribution in [0.1, 0.15) is 12.8 Å². The van der Waals surface area contributed by atoms with Gasteiger partial charge in [-0.1, -0.05) is 0 Å². The van der Waals surface area contributed by atoms with Crippen molar-refractivity contribution in [3.05, 3.63) is 0 Å². The highest BCUT2D eigenvalue weighted by Crippen LogP contribution is 2.05. The first-order chi connectivity index (χ1) is 5.68. The minimum Gasteiger partial charge on any atom is -0.480 e. The number of hydrogen-bond acceptors (Lipinski definition) is 4. The SMILES string of the molecule is N[C@@H](CCSCCCO)C(=O)O. The molecular weight excluding hydrogens is 178 g/mol. The van der Waals surface area contributed by atoms with E-state index in [9.17, 15) is 4.79 Å². The third-order valence-electron chi connectivity index (χ3n) is 1.34. The third-order valence-corrected chi connectivity index (χ3v) is 2.44. The van der Waals surface area contributed by atoms with E-state index >= 15 is 0 Å². The number of thioether (sulfide) groups is 1. The first-order valence-electron chi connectivity index (χ1n) is 3.85. The van der Waals surface area contributed by atoms with E-state index in [1.54, 1.807) is 11.8 Å². The predicted molar refractivity (Wildman–Crippen MR) is 49.3 cm³/mol. The lowest BCUT2D eigenvalue weighted by molar-refractivity contribution is -0.138. The van der Waals surface area contributed by atoms with Gasteiger partial charge in [-0.05, 0) is 24.3 Å². The van der Waals surface area contributed by atoms with Crippen molar-refractivity contribution in [3.63, 3.8) is 0 Å². The smallest absolute Gasteiger partial charge is 0.320 e. The Bertz CT molecular complexity index is 132. The van der Waals surface area contributed by atoms with Crippen LogP contribution in [-0.4, -0.2) is 40.3 Å². The largest absolute Gasteiger partial charge is 0.480 e. The maximum absolute atomic E-state index is 10.2. The molecule has 0 aliphatic heterocycles. The Kier molecular flexibility index (Phi) is 7.23. The Balaban J connectivity index is 3.14. The molecule has 4 N–H and O–H groups in total. The van der Waals surface area contributed by atoms with Crippen molar-refractivity contribution >= 4 is 17.7 Å². The van der Waals surface area contributed by atoms with E-state index in [-0.39, 0.29) is 6.61 Å². The van der Waals surface area contributed by atoms with Gasteiger partial charge in [0.05, 0.1) is 0 Å². The molecule has 0 saturated heterocycles. The average Bonchev–Trinajstić information content (AvgIpc) is 2.03. The number of carboxylic acid groups (broad SMARTS) is 1. The molecular formula is C7H15NO3S. The summed E-state index contributed by atoms with van der Waals surface area (Å²) >= 11 is 1.62. The zero-order chi connectivity index (χ0) is 9.40. The number of aliphatic hydroxyl groups excluding tert-OH is 1. The lowest BCUT2D eigenvalue weighted by Crippen LogP contribution is -2.30. The second-order valence-electron chi connectivity index (χ2n) is 2.42. The van der Waals surface area contributed by atoms with Gasteiger partial charge in [-0.2, -0.15) is 11.8 Å². The lowest BCUT2D eigenvalue weighted by Gasteiger charge is -2.04. The van der Waals surface area contributed by atoms with Crippen molar-refractivity contribution in [2.75, 3.05) is 18.1 Å². The Hall–Kier alpha value is -0.260. The molecule has 4 nitrogen and oxygen atoms in total. The van der Waals surface area contributed by atoms with Gasteiger partial charge in [0.1, 0.15) is 6.04 Å². The van der Waals surface area contributed by atoms with Crippen LogP contribution in [0.2, 0.25) is 0 Å². The number of hydrogen-bond donors (Lipinski definition) is 3. The molecule has 0 aromatic rings. The van der Waals surface area contributed by atoms with E-state index in [4.69, 9.17) is 15.9 Å². The zero-order valence-electron chi connectivity index (χ0n) is 6.90. The van der Waals surface area contributed by atoms with Gasteiger partial charge < -0.3 is 15.9 Å². The number of aliphatic hydroxyl groups is 1. The van der Waals surface area contributed by atoms with Crippen LogP contribution < -0.4 is 5.73 Å². The monoisotopic (exact) mass is 193 g/mol. The van der Waals surface area contributed by atoms with Gasteiger partial charge in [0.15, 0.2) is 0 Å². The fraction of sp³-hybridized carbons (Fsp3) is 0.857. The molecule has 5 heteroatoms. The maximum Gasteiger partial charge on any atom is 0.320 e. The molecule has 0 radical (unpaired) electrons. The second kappa shape index (κ2) is 7.39.